The van der Waals surface area contributed by atoms with Gasteiger partial charge in [-0.05, 0) is 30.0 Å². The molecule has 1 N–H and O–H groups in total. The third kappa shape index (κ3) is 4.66. The molecule has 0 atom stereocenters. The van der Waals surface area contributed by atoms with Gasteiger partial charge in [-0.3, -0.25) is 5.10 Å². The fourth-order valence-electron chi connectivity index (χ4n) is 2.03. The van der Waals surface area contributed by atoms with E-state index < -0.39 is 11.9 Å². The molecule has 24 heavy (non-hydrogen) atoms. The van der Waals surface area contributed by atoms with Crippen LogP contribution >= 0.6 is 0 Å². The van der Waals surface area contributed by atoms with E-state index in [2.05, 4.69) is 25.9 Å². The summed E-state index contributed by atoms with van der Waals surface area (Å²) in [5.74, 6) is 1.01. The summed E-state index contributed by atoms with van der Waals surface area (Å²) in [5, 5.41) is 5.78. The lowest BCUT2D eigenvalue weighted by atomic mass is 9.93. The number of halogens is 3. The van der Waals surface area contributed by atoms with E-state index in [-0.39, 0.29) is 11.1 Å². The molecular formula is C17H21F3N2O2. The molecule has 132 valence electrons. The highest BCUT2D eigenvalue weighted by Crippen LogP contribution is 2.36. The van der Waals surface area contributed by atoms with E-state index in [1.54, 1.807) is 18.2 Å². The maximum absolute atomic E-state index is 12.7. The molecule has 4 nitrogen and oxygen atoms in total. The Labute approximate surface area is 139 Å². The number of aromatic nitrogens is 2. The van der Waals surface area contributed by atoms with Gasteiger partial charge in [-0.1, -0.05) is 20.8 Å². The predicted octanol–water partition coefficient (Wildman–Crippen LogP) is 4.92. The van der Waals surface area contributed by atoms with Crippen molar-refractivity contribution in [2.45, 2.75) is 33.4 Å². The Hall–Kier alpha value is -2.18. The molecule has 0 saturated carbocycles. The Morgan fingerprint density at radius 1 is 1.12 bits per heavy atom. The molecule has 1 aromatic carbocycles. The van der Waals surface area contributed by atoms with Crippen LogP contribution in [-0.4, -0.2) is 23.9 Å². The average Bonchev–Trinajstić information content (AvgIpc) is 2.95. The van der Waals surface area contributed by atoms with Crippen molar-refractivity contribution in [3.63, 3.8) is 0 Å². The highest BCUT2D eigenvalue weighted by Gasteiger charge is 2.33. The number of H-pyrrole nitrogens is 1. The number of nitrogens with one attached hydrogen (secondary N) is 1. The first-order chi connectivity index (χ1) is 11.1. The van der Waals surface area contributed by atoms with Gasteiger partial charge >= 0.3 is 6.18 Å². The van der Waals surface area contributed by atoms with Gasteiger partial charge in [-0.25, -0.2) is 0 Å². The normalized spacial score (nSPS) is 12.3. The van der Waals surface area contributed by atoms with Crippen molar-refractivity contribution in [2.24, 2.45) is 5.41 Å². The summed E-state index contributed by atoms with van der Waals surface area (Å²) >= 11 is 0. The molecule has 0 spiro atoms. The first-order valence-electron chi connectivity index (χ1n) is 7.54. The van der Waals surface area contributed by atoms with Crippen LogP contribution in [0.1, 0.15) is 32.9 Å². The van der Waals surface area contributed by atoms with Crippen molar-refractivity contribution in [2.75, 3.05) is 13.7 Å². The van der Waals surface area contributed by atoms with Gasteiger partial charge in [-0.15, -0.1) is 0 Å². The summed E-state index contributed by atoms with van der Waals surface area (Å²) in [6.07, 6.45) is -3.66. The lowest BCUT2D eigenvalue weighted by Gasteiger charge is -2.19. The van der Waals surface area contributed by atoms with Crippen LogP contribution in [0.15, 0.2) is 24.3 Å². The highest BCUT2D eigenvalue weighted by molar-refractivity contribution is 5.68. The maximum atomic E-state index is 12.7. The third-order valence-electron chi connectivity index (χ3n) is 3.46. The van der Waals surface area contributed by atoms with Crippen molar-refractivity contribution in [3.8, 4) is 22.8 Å². The van der Waals surface area contributed by atoms with Gasteiger partial charge in [0, 0.05) is 11.6 Å². The minimum Gasteiger partial charge on any atom is -0.497 e. The van der Waals surface area contributed by atoms with Gasteiger partial charge in [0.25, 0.3) is 0 Å². The van der Waals surface area contributed by atoms with Crippen LogP contribution in [0, 0.1) is 5.41 Å². The van der Waals surface area contributed by atoms with E-state index in [1.165, 1.54) is 7.11 Å². The second-order valence-corrected chi connectivity index (χ2v) is 6.69. The van der Waals surface area contributed by atoms with Crippen molar-refractivity contribution in [3.05, 3.63) is 30.0 Å². The van der Waals surface area contributed by atoms with E-state index in [0.29, 0.717) is 23.7 Å². The zero-order valence-electron chi connectivity index (χ0n) is 14.1. The fraction of sp³-hybridized carbons (Fsp3) is 0.471. The Kier molecular flexibility index (Phi) is 5.11. The Morgan fingerprint density at radius 2 is 1.83 bits per heavy atom. The number of nitrogens with zero attached hydrogens (tertiary/aromatic N) is 1. The van der Waals surface area contributed by atoms with Crippen LogP contribution in [0.4, 0.5) is 13.2 Å². The predicted molar refractivity (Wildman–Crippen MR) is 85.1 cm³/mol. The lowest BCUT2D eigenvalue weighted by molar-refractivity contribution is -0.141. The number of methoxy groups -OCH3 is 1. The molecule has 0 aliphatic rings. The summed E-state index contributed by atoms with van der Waals surface area (Å²) in [6.45, 7) is 6.71. The van der Waals surface area contributed by atoms with Crippen LogP contribution in [0.3, 0.4) is 0 Å². The molecule has 1 heterocycles. The summed E-state index contributed by atoms with van der Waals surface area (Å²) in [6, 6.07) is 5.92. The molecule has 0 amide bonds. The van der Waals surface area contributed by atoms with Gasteiger partial charge in [0.2, 0.25) is 0 Å². The van der Waals surface area contributed by atoms with Crippen LogP contribution in [0.25, 0.3) is 11.3 Å². The summed E-state index contributed by atoms with van der Waals surface area (Å²) in [4.78, 5) is 0. The molecule has 0 aliphatic carbocycles. The van der Waals surface area contributed by atoms with Gasteiger partial charge in [0.05, 0.1) is 19.4 Å². The van der Waals surface area contributed by atoms with Crippen molar-refractivity contribution < 1.29 is 22.6 Å². The fourth-order valence-corrected chi connectivity index (χ4v) is 2.03. The van der Waals surface area contributed by atoms with Gasteiger partial charge in [-0.2, -0.15) is 18.3 Å². The first-order valence-corrected chi connectivity index (χ1v) is 7.54. The van der Waals surface area contributed by atoms with Crippen molar-refractivity contribution >= 4 is 0 Å². The number of hydrogen-bond acceptors (Lipinski definition) is 3. The number of alkyl halides is 3. The molecule has 0 saturated heterocycles. The monoisotopic (exact) mass is 342 g/mol. The molecular weight excluding hydrogens is 321 g/mol. The topological polar surface area (TPSA) is 47.1 Å². The molecule has 0 radical (unpaired) electrons. The highest BCUT2D eigenvalue weighted by atomic mass is 19.4. The van der Waals surface area contributed by atoms with E-state index in [1.807, 2.05) is 5.10 Å². The zero-order valence-corrected chi connectivity index (χ0v) is 14.1. The van der Waals surface area contributed by atoms with E-state index >= 15 is 0 Å². The SMILES string of the molecule is COc1ccc(-c2cc(C(F)(F)F)[nH]n2)c(OCCC(C)(C)C)c1. The van der Waals surface area contributed by atoms with Crippen molar-refractivity contribution in [1.82, 2.24) is 10.2 Å². The Bertz CT molecular complexity index is 688. The molecule has 2 rings (SSSR count). The second-order valence-electron chi connectivity index (χ2n) is 6.69. The smallest absolute Gasteiger partial charge is 0.432 e. The second kappa shape index (κ2) is 6.75. The maximum Gasteiger partial charge on any atom is 0.432 e. The number of hydrogen-bond donors (Lipinski definition) is 1. The van der Waals surface area contributed by atoms with Crippen LogP contribution in [0.5, 0.6) is 11.5 Å². The summed E-state index contributed by atoms with van der Waals surface area (Å²) < 4.78 is 49.2. The van der Waals surface area contributed by atoms with E-state index in [4.69, 9.17) is 9.47 Å². The van der Waals surface area contributed by atoms with E-state index in [9.17, 15) is 13.2 Å². The number of benzene rings is 1. The molecule has 0 unspecified atom stereocenters. The van der Waals surface area contributed by atoms with Gasteiger partial charge in [0.1, 0.15) is 17.2 Å². The summed E-state index contributed by atoms with van der Waals surface area (Å²) in [7, 11) is 1.52. The molecule has 1 aromatic heterocycles. The summed E-state index contributed by atoms with van der Waals surface area (Å²) in [5.41, 5.74) is -0.143. The first kappa shape index (κ1) is 18.2. The molecule has 7 heteroatoms. The molecule has 0 fully saturated rings. The largest absolute Gasteiger partial charge is 0.497 e. The third-order valence-corrected chi connectivity index (χ3v) is 3.46. The van der Waals surface area contributed by atoms with Crippen LogP contribution in [-0.2, 0) is 6.18 Å². The van der Waals surface area contributed by atoms with Crippen LogP contribution in [0.2, 0.25) is 0 Å². The minimum absolute atomic E-state index is 0.0921. The average molecular weight is 342 g/mol. The zero-order chi connectivity index (χ0) is 18.0. The lowest BCUT2D eigenvalue weighted by Crippen LogP contribution is -2.11. The number of aromatic amines is 1. The van der Waals surface area contributed by atoms with Crippen molar-refractivity contribution in [1.29, 1.82) is 0 Å². The molecule has 0 aliphatic heterocycles. The molecule has 0 bridgehead atoms. The quantitative estimate of drug-likeness (QED) is 0.839. The standard InChI is InChI=1S/C17H21F3N2O2/c1-16(2,3)7-8-24-14-9-11(23-4)5-6-12(14)13-10-15(22-21-13)17(18,19)20/h5-6,9-10H,7-8H2,1-4H3,(H,21,22). The molecule has 2 aromatic rings. The van der Waals surface area contributed by atoms with Gasteiger partial charge in [0.15, 0.2) is 0 Å². The van der Waals surface area contributed by atoms with Crippen LogP contribution < -0.4 is 9.47 Å². The van der Waals surface area contributed by atoms with E-state index in [0.717, 1.165) is 12.5 Å². The van der Waals surface area contributed by atoms with Gasteiger partial charge < -0.3 is 9.47 Å². The minimum atomic E-state index is -4.47. The Balaban J connectivity index is 2.30. The number of rotatable bonds is 5. The number of ether oxygens (including phenoxy) is 2. The Morgan fingerprint density at radius 3 is 2.38 bits per heavy atom.